The highest BCUT2D eigenvalue weighted by atomic mass is 16.6. The summed E-state index contributed by atoms with van der Waals surface area (Å²) in [7, 11) is 0. The van der Waals surface area contributed by atoms with E-state index >= 15 is 0 Å². The van der Waals surface area contributed by atoms with Gasteiger partial charge in [0, 0.05) is 5.56 Å². The molecule has 0 bridgehead atoms. The molecule has 0 amide bonds. The molecule has 0 saturated heterocycles. The second-order valence-corrected chi connectivity index (χ2v) is 5.48. The van der Waals surface area contributed by atoms with Gasteiger partial charge in [0.25, 0.3) is 0 Å². The fraction of sp³-hybridized carbons (Fsp3) is 0.500. The number of aliphatic imine (C=N–C) groups is 1. The molecule has 0 spiro atoms. The Kier molecular flexibility index (Phi) is 3.62. The average molecular weight is 257 g/mol. The van der Waals surface area contributed by atoms with Gasteiger partial charge < -0.3 is 4.74 Å². The first-order valence-corrected chi connectivity index (χ1v) is 7.18. The topological polar surface area (TPSA) is 38.7 Å². The molecule has 1 heterocycles. The lowest BCUT2D eigenvalue weighted by atomic mass is 9.85. The lowest BCUT2D eigenvalue weighted by Crippen LogP contribution is -2.20. The number of hydrogen-bond donors (Lipinski definition) is 0. The van der Waals surface area contributed by atoms with E-state index in [9.17, 15) is 4.79 Å². The number of benzene rings is 1. The maximum Gasteiger partial charge on any atom is 0.337 e. The van der Waals surface area contributed by atoms with Gasteiger partial charge in [-0.05, 0) is 24.5 Å². The standard InChI is InChI=1S/C16H19NO2/c18-16-14(11-12-7-3-1-4-8-12)17-15(19-16)13-9-5-2-6-10-13/h2,5-6,9-10,12,14H,1,3-4,7-8,11H2. The van der Waals surface area contributed by atoms with E-state index in [1.54, 1.807) is 0 Å². The molecule has 1 aliphatic carbocycles. The van der Waals surface area contributed by atoms with Crippen molar-refractivity contribution < 1.29 is 9.53 Å². The van der Waals surface area contributed by atoms with E-state index < -0.39 is 0 Å². The molecular weight excluding hydrogens is 238 g/mol. The number of nitrogens with zero attached hydrogens (tertiary/aromatic N) is 1. The van der Waals surface area contributed by atoms with Crippen LogP contribution in [0, 0.1) is 5.92 Å². The number of carbonyl (C=O) groups is 1. The van der Waals surface area contributed by atoms with Crippen molar-refractivity contribution in [3.63, 3.8) is 0 Å². The zero-order valence-corrected chi connectivity index (χ0v) is 11.0. The van der Waals surface area contributed by atoms with E-state index in [4.69, 9.17) is 4.74 Å². The van der Waals surface area contributed by atoms with Crippen LogP contribution in [0.1, 0.15) is 44.1 Å². The van der Waals surface area contributed by atoms with Crippen LogP contribution in [0.5, 0.6) is 0 Å². The predicted molar refractivity (Wildman–Crippen MR) is 74.1 cm³/mol. The molecule has 1 aromatic carbocycles. The van der Waals surface area contributed by atoms with E-state index in [0.29, 0.717) is 11.8 Å². The second-order valence-electron chi connectivity index (χ2n) is 5.48. The first-order chi connectivity index (χ1) is 9.33. The van der Waals surface area contributed by atoms with Crippen molar-refractivity contribution in [2.75, 3.05) is 0 Å². The summed E-state index contributed by atoms with van der Waals surface area (Å²) in [4.78, 5) is 16.4. The van der Waals surface area contributed by atoms with Crippen molar-refractivity contribution >= 4 is 11.9 Å². The van der Waals surface area contributed by atoms with Crippen LogP contribution < -0.4 is 0 Å². The molecule has 1 aliphatic heterocycles. The zero-order chi connectivity index (χ0) is 13.1. The van der Waals surface area contributed by atoms with Gasteiger partial charge in [0.15, 0.2) is 6.04 Å². The summed E-state index contributed by atoms with van der Waals surface area (Å²) in [6.45, 7) is 0. The molecule has 2 aliphatic rings. The predicted octanol–water partition coefficient (Wildman–Crippen LogP) is 3.33. The molecule has 3 heteroatoms. The van der Waals surface area contributed by atoms with Gasteiger partial charge in [-0.15, -0.1) is 0 Å². The Morgan fingerprint density at radius 3 is 2.58 bits per heavy atom. The molecule has 19 heavy (non-hydrogen) atoms. The fourth-order valence-corrected chi connectivity index (χ4v) is 2.99. The molecule has 3 nitrogen and oxygen atoms in total. The number of hydrogen-bond acceptors (Lipinski definition) is 3. The smallest absolute Gasteiger partial charge is 0.337 e. The van der Waals surface area contributed by atoms with Crippen LogP contribution in [0.4, 0.5) is 0 Å². The Bertz CT molecular complexity index is 475. The van der Waals surface area contributed by atoms with E-state index in [2.05, 4.69) is 4.99 Å². The molecule has 3 rings (SSSR count). The van der Waals surface area contributed by atoms with Gasteiger partial charge >= 0.3 is 5.97 Å². The molecule has 0 radical (unpaired) electrons. The lowest BCUT2D eigenvalue weighted by molar-refractivity contribution is -0.135. The summed E-state index contributed by atoms with van der Waals surface area (Å²) in [6.07, 6.45) is 7.25. The molecule has 1 saturated carbocycles. The minimum absolute atomic E-state index is 0.176. The Hall–Kier alpha value is -1.64. The summed E-state index contributed by atoms with van der Waals surface area (Å²) in [5.74, 6) is 0.959. The second kappa shape index (κ2) is 5.55. The van der Waals surface area contributed by atoms with E-state index in [0.717, 1.165) is 12.0 Å². The minimum Gasteiger partial charge on any atom is -0.406 e. The van der Waals surface area contributed by atoms with E-state index in [1.165, 1.54) is 32.1 Å². The van der Waals surface area contributed by atoms with Crippen LogP contribution in [-0.2, 0) is 9.53 Å². The van der Waals surface area contributed by atoms with Crippen molar-refractivity contribution in [2.45, 2.75) is 44.6 Å². The summed E-state index contributed by atoms with van der Waals surface area (Å²) < 4.78 is 5.31. The molecular formula is C16H19NO2. The monoisotopic (exact) mass is 257 g/mol. The molecule has 1 unspecified atom stereocenters. The van der Waals surface area contributed by atoms with Crippen molar-refractivity contribution in [3.05, 3.63) is 35.9 Å². The van der Waals surface area contributed by atoms with Gasteiger partial charge in [0.05, 0.1) is 0 Å². The maximum absolute atomic E-state index is 11.9. The summed E-state index contributed by atoms with van der Waals surface area (Å²) in [5.41, 5.74) is 0.891. The Morgan fingerprint density at radius 2 is 1.84 bits per heavy atom. The number of ether oxygens (including phenoxy) is 1. The van der Waals surface area contributed by atoms with Crippen LogP contribution in [0.15, 0.2) is 35.3 Å². The van der Waals surface area contributed by atoms with Crippen LogP contribution in [-0.4, -0.2) is 17.9 Å². The van der Waals surface area contributed by atoms with E-state index in [1.807, 2.05) is 30.3 Å². The molecule has 1 aromatic rings. The van der Waals surface area contributed by atoms with Gasteiger partial charge in [-0.25, -0.2) is 9.79 Å². The zero-order valence-electron chi connectivity index (χ0n) is 11.0. The molecule has 100 valence electrons. The molecule has 0 N–H and O–H groups in total. The van der Waals surface area contributed by atoms with Crippen molar-refractivity contribution in [1.29, 1.82) is 0 Å². The first kappa shape index (κ1) is 12.4. The van der Waals surface area contributed by atoms with Crippen LogP contribution in [0.3, 0.4) is 0 Å². The quantitative estimate of drug-likeness (QED) is 0.779. The third-order valence-electron chi connectivity index (χ3n) is 4.04. The number of rotatable bonds is 3. The van der Waals surface area contributed by atoms with Crippen molar-refractivity contribution in [1.82, 2.24) is 0 Å². The van der Waals surface area contributed by atoms with Crippen molar-refractivity contribution in [3.8, 4) is 0 Å². The van der Waals surface area contributed by atoms with Crippen LogP contribution >= 0.6 is 0 Å². The van der Waals surface area contributed by atoms with Gasteiger partial charge in [0.2, 0.25) is 5.90 Å². The maximum atomic E-state index is 11.9. The van der Waals surface area contributed by atoms with Gasteiger partial charge in [-0.3, -0.25) is 0 Å². The highest BCUT2D eigenvalue weighted by molar-refractivity contribution is 6.06. The molecule has 1 fully saturated rings. The third-order valence-corrected chi connectivity index (χ3v) is 4.04. The SMILES string of the molecule is O=C1OC(c2ccccc2)=NC1CC1CCCCC1. The average Bonchev–Trinajstić information content (AvgIpc) is 2.82. The minimum atomic E-state index is -0.279. The van der Waals surface area contributed by atoms with Gasteiger partial charge in [-0.2, -0.15) is 0 Å². The fourth-order valence-electron chi connectivity index (χ4n) is 2.99. The highest BCUT2D eigenvalue weighted by Crippen LogP contribution is 2.30. The number of cyclic esters (lactones) is 1. The number of carbonyl (C=O) groups excluding carboxylic acids is 1. The lowest BCUT2D eigenvalue weighted by Gasteiger charge is -2.21. The Labute approximate surface area is 113 Å². The Morgan fingerprint density at radius 1 is 1.11 bits per heavy atom. The summed E-state index contributed by atoms with van der Waals surface area (Å²) >= 11 is 0. The third kappa shape index (κ3) is 2.86. The van der Waals surface area contributed by atoms with Crippen molar-refractivity contribution in [2.24, 2.45) is 10.9 Å². The van der Waals surface area contributed by atoms with E-state index in [-0.39, 0.29) is 12.0 Å². The summed E-state index contributed by atoms with van der Waals surface area (Å²) in [5, 5.41) is 0. The largest absolute Gasteiger partial charge is 0.406 e. The highest BCUT2D eigenvalue weighted by Gasteiger charge is 2.32. The van der Waals surface area contributed by atoms with Crippen LogP contribution in [0.25, 0.3) is 0 Å². The first-order valence-electron chi connectivity index (χ1n) is 7.18. The van der Waals surface area contributed by atoms with Gasteiger partial charge in [-0.1, -0.05) is 50.3 Å². The van der Waals surface area contributed by atoms with Crippen LogP contribution in [0.2, 0.25) is 0 Å². The summed E-state index contributed by atoms with van der Waals surface area (Å²) in [6, 6.07) is 9.38. The Balaban J connectivity index is 1.69. The molecule has 0 aromatic heterocycles. The van der Waals surface area contributed by atoms with Gasteiger partial charge in [0.1, 0.15) is 0 Å². The molecule has 1 atom stereocenters. The normalized spacial score (nSPS) is 24.1. The number of esters is 1.